The third kappa shape index (κ3) is 5.52. The number of benzene rings is 1. The fourth-order valence-electron chi connectivity index (χ4n) is 4.29. The molecule has 2 atom stereocenters. The van der Waals surface area contributed by atoms with E-state index in [1.54, 1.807) is 39.0 Å². The first kappa shape index (κ1) is 24.4. The molecule has 0 bridgehead atoms. The van der Waals surface area contributed by atoms with Gasteiger partial charge < -0.3 is 25.6 Å². The van der Waals surface area contributed by atoms with Gasteiger partial charge in [-0.2, -0.15) is 0 Å². The number of nitrogen functional groups attached to an aromatic ring is 1. The summed E-state index contributed by atoms with van der Waals surface area (Å²) >= 11 is 0. The summed E-state index contributed by atoms with van der Waals surface area (Å²) in [7, 11) is 0. The molecule has 0 spiro atoms. The van der Waals surface area contributed by atoms with E-state index in [0.29, 0.717) is 23.0 Å². The van der Waals surface area contributed by atoms with Gasteiger partial charge in [0.25, 0.3) is 0 Å². The van der Waals surface area contributed by atoms with Crippen LogP contribution in [0.25, 0.3) is 0 Å². The minimum Gasteiger partial charge on any atom is -0.447 e. The number of amides is 3. The zero-order valence-corrected chi connectivity index (χ0v) is 20.0. The van der Waals surface area contributed by atoms with E-state index >= 15 is 0 Å². The summed E-state index contributed by atoms with van der Waals surface area (Å²) < 4.78 is 18.9. The van der Waals surface area contributed by atoms with E-state index in [1.807, 2.05) is 0 Å². The summed E-state index contributed by atoms with van der Waals surface area (Å²) in [6, 6.07) is 6.37. The van der Waals surface area contributed by atoms with Crippen molar-refractivity contribution >= 4 is 29.4 Å². The van der Waals surface area contributed by atoms with Crippen LogP contribution in [0.15, 0.2) is 36.5 Å². The predicted molar refractivity (Wildman–Crippen MR) is 128 cm³/mol. The van der Waals surface area contributed by atoms with Crippen LogP contribution in [0.1, 0.15) is 56.7 Å². The van der Waals surface area contributed by atoms with Gasteiger partial charge in [-0.15, -0.1) is 0 Å². The molecule has 2 aromatic rings. The Hall–Kier alpha value is -3.69. The molecule has 0 radical (unpaired) electrons. The van der Waals surface area contributed by atoms with Crippen molar-refractivity contribution in [3.05, 3.63) is 53.5 Å². The molecule has 1 aliphatic heterocycles. The smallest absolute Gasteiger partial charge is 0.410 e. The van der Waals surface area contributed by atoms with E-state index in [9.17, 15) is 18.8 Å². The fourth-order valence-corrected chi connectivity index (χ4v) is 4.29. The number of anilines is 2. The van der Waals surface area contributed by atoms with Crippen LogP contribution in [0, 0.1) is 5.82 Å². The number of pyridine rings is 1. The highest BCUT2D eigenvalue weighted by Gasteiger charge is 2.40. The standard InChI is InChI=1S/C25H30FN5O4/c1-14(2)35-25(34)30-13-21(17-6-8-18(26)9-7-17)31(12-15(30)3)24(33)23(32)29-19-10-20(16-4-5-16)22(27)28-11-19/h6-11,14-16,21H,4-5,12-13H2,1-3H3,(H2,27,28)(H,29,32)/t15-,21+/m1/s1. The molecule has 1 saturated heterocycles. The fraction of sp³-hybridized carbons (Fsp3) is 0.440. The molecule has 1 aromatic carbocycles. The molecule has 1 aromatic heterocycles. The summed E-state index contributed by atoms with van der Waals surface area (Å²) in [6.07, 6.45) is 2.65. The molecule has 1 saturated carbocycles. The van der Waals surface area contributed by atoms with Gasteiger partial charge in [0, 0.05) is 19.1 Å². The van der Waals surface area contributed by atoms with Gasteiger partial charge in [0.05, 0.1) is 24.0 Å². The summed E-state index contributed by atoms with van der Waals surface area (Å²) in [4.78, 5) is 46.0. The van der Waals surface area contributed by atoms with E-state index in [-0.39, 0.29) is 19.2 Å². The molecule has 1 aliphatic carbocycles. The highest BCUT2D eigenvalue weighted by Crippen LogP contribution is 2.42. The molecular weight excluding hydrogens is 453 g/mol. The topological polar surface area (TPSA) is 118 Å². The normalized spacial score (nSPS) is 20.0. The lowest BCUT2D eigenvalue weighted by Gasteiger charge is -2.44. The molecule has 2 fully saturated rings. The maximum atomic E-state index is 13.6. The van der Waals surface area contributed by atoms with Crippen molar-refractivity contribution in [3.63, 3.8) is 0 Å². The first-order valence-corrected chi connectivity index (χ1v) is 11.7. The summed E-state index contributed by atoms with van der Waals surface area (Å²) in [6.45, 7) is 5.50. The summed E-state index contributed by atoms with van der Waals surface area (Å²) in [5, 5.41) is 2.63. The van der Waals surface area contributed by atoms with Crippen LogP contribution in [0.4, 0.5) is 20.7 Å². The second kappa shape index (κ2) is 9.89. The van der Waals surface area contributed by atoms with Crippen molar-refractivity contribution in [2.75, 3.05) is 24.1 Å². The van der Waals surface area contributed by atoms with Gasteiger partial charge in [0.15, 0.2) is 0 Å². The number of nitrogens with one attached hydrogen (secondary N) is 1. The van der Waals surface area contributed by atoms with Crippen molar-refractivity contribution in [2.24, 2.45) is 0 Å². The number of nitrogens with zero attached hydrogens (tertiary/aromatic N) is 3. The Morgan fingerprint density at radius 1 is 1.14 bits per heavy atom. The number of piperazine rings is 1. The van der Waals surface area contributed by atoms with Crippen molar-refractivity contribution in [1.82, 2.24) is 14.8 Å². The Morgan fingerprint density at radius 3 is 2.46 bits per heavy atom. The van der Waals surface area contributed by atoms with Crippen LogP contribution in [0.3, 0.4) is 0 Å². The van der Waals surface area contributed by atoms with Crippen molar-refractivity contribution < 1.29 is 23.5 Å². The lowest BCUT2D eigenvalue weighted by Crippen LogP contribution is -2.58. The zero-order valence-electron chi connectivity index (χ0n) is 20.0. The molecule has 35 heavy (non-hydrogen) atoms. The van der Waals surface area contributed by atoms with E-state index in [4.69, 9.17) is 10.5 Å². The van der Waals surface area contributed by atoms with Crippen LogP contribution in [0.2, 0.25) is 0 Å². The molecule has 2 aliphatic rings. The highest BCUT2D eigenvalue weighted by atomic mass is 19.1. The second-order valence-corrected chi connectivity index (χ2v) is 9.39. The van der Waals surface area contributed by atoms with Crippen LogP contribution < -0.4 is 11.1 Å². The lowest BCUT2D eigenvalue weighted by molar-refractivity contribution is -0.147. The Kier molecular flexibility index (Phi) is 6.90. The molecule has 9 nitrogen and oxygen atoms in total. The third-order valence-electron chi connectivity index (χ3n) is 6.24. The van der Waals surface area contributed by atoms with Gasteiger partial charge >= 0.3 is 17.9 Å². The second-order valence-electron chi connectivity index (χ2n) is 9.39. The first-order chi connectivity index (χ1) is 16.6. The Balaban J connectivity index is 1.56. The van der Waals surface area contributed by atoms with Crippen LogP contribution in [-0.4, -0.2) is 57.9 Å². The number of aromatic nitrogens is 1. The number of carbonyl (C=O) groups excluding carboxylic acids is 3. The van der Waals surface area contributed by atoms with E-state index in [2.05, 4.69) is 10.3 Å². The molecule has 2 heterocycles. The number of hydrogen-bond donors (Lipinski definition) is 2. The van der Waals surface area contributed by atoms with E-state index in [0.717, 1.165) is 18.4 Å². The molecule has 0 unspecified atom stereocenters. The molecule has 186 valence electrons. The molecule has 4 rings (SSSR count). The number of hydrogen-bond acceptors (Lipinski definition) is 6. The van der Waals surface area contributed by atoms with Gasteiger partial charge in [-0.3, -0.25) is 9.59 Å². The molecule has 3 amide bonds. The van der Waals surface area contributed by atoms with E-state index < -0.39 is 35.8 Å². The Labute approximate surface area is 203 Å². The summed E-state index contributed by atoms with van der Waals surface area (Å²) in [5.74, 6) is -1.25. The number of rotatable bonds is 4. The zero-order chi connectivity index (χ0) is 25.3. The van der Waals surface area contributed by atoms with Gasteiger partial charge in [0.1, 0.15) is 11.6 Å². The number of halogens is 1. The molecule has 3 N–H and O–H groups in total. The Bertz CT molecular complexity index is 1120. The largest absolute Gasteiger partial charge is 0.447 e. The van der Waals surface area contributed by atoms with Gasteiger partial charge in [-0.05, 0) is 68.9 Å². The van der Waals surface area contributed by atoms with Crippen LogP contribution in [-0.2, 0) is 14.3 Å². The van der Waals surface area contributed by atoms with Crippen molar-refractivity contribution in [1.29, 1.82) is 0 Å². The number of nitrogens with two attached hydrogens (primary N) is 1. The molecule has 10 heteroatoms. The van der Waals surface area contributed by atoms with Crippen LogP contribution in [0.5, 0.6) is 0 Å². The van der Waals surface area contributed by atoms with E-state index in [1.165, 1.54) is 28.1 Å². The Morgan fingerprint density at radius 2 is 1.83 bits per heavy atom. The van der Waals surface area contributed by atoms with Gasteiger partial charge in [-0.1, -0.05) is 12.1 Å². The lowest BCUT2D eigenvalue weighted by atomic mass is 9.99. The highest BCUT2D eigenvalue weighted by molar-refractivity contribution is 6.39. The SMILES string of the molecule is CC(C)OC(=O)N1C[C@@H](c2ccc(F)cc2)N(C(=O)C(=O)Nc2cnc(N)c(C3CC3)c2)C[C@H]1C. The molecular formula is C25H30FN5O4. The minimum atomic E-state index is -0.823. The van der Waals surface area contributed by atoms with Gasteiger partial charge in [-0.25, -0.2) is 14.2 Å². The first-order valence-electron chi connectivity index (χ1n) is 11.7. The average molecular weight is 484 g/mol. The van der Waals surface area contributed by atoms with Gasteiger partial charge in [0.2, 0.25) is 0 Å². The average Bonchev–Trinajstić information content (AvgIpc) is 3.65. The number of ether oxygens (including phenoxy) is 1. The van der Waals surface area contributed by atoms with Crippen LogP contribution >= 0.6 is 0 Å². The maximum absolute atomic E-state index is 13.6. The third-order valence-corrected chi connectivity index (χ3v) is 6.24. The predicted octanol–water partition coefficient (Wildman–Crippen LogP) is 3.44. The monoisotopic (exact) mass is 483 g/mol. The quantitative estimate of drug-likeness (QED) is 0.644. The summed E-state index contributed by atoms with van der Waals surface area (Å²) in [5.41, 5.74) is 7.81. The van der Waals surface area contributed by atoms with Crippen molar-refractivity contribution in [2.45, 2.75) is 57.7 Å². The minimum absolute atomic E-state index is 0.104. The van der Waals surface area contributed by atoms with Crippen molar-refractivity contribution in [3.8, 4) is 0 Å². The maximum Gasteiger partial charge on any atom is 0.410 e. The number of carbonyl (C=O) groups is 3.